The number of morpholine rings is 1. The maximum atomic E-state index is 12.4. The van der Waals surface area contributed by atoms with E-state index in [1.54, 1.807) is 0 Å². The van der Waals surface area contributed by atoms with Gasteiger partial charge in [0.2, 0.25) is 0 Å². The standard InChI is InChI=1S/C13H16N2O2S/c14-12(18)9-10-3-1-2-4-11(10)13(16)15-5-7-17-8-6-15/h1-4H,5-9H2,(H2,14,18). The van der Waals surface area contributed by atoms with Crippen molar-refractivity contribution in [2.24, 2.45) is 5.73 Å². The summed E-state index contributed by atoms with van der Waals surface area (Å²) in [4.78, 5) is 14.6. The minimum atomic E-state index is 0.0325. The fraction of sp³-hybridized carbons (Fsp3) is 0.385. The summed E-state index contributed by atoms with van der Waals surface area (Å²) in [5.41, 5.74) is 7.14. The summed E-state index contributed by atoms with van der Waals surface area (Å²) in [7, 11) is 0. The van der Waals surface area contributed by atoms with Crippen molar-refractivity contribution in [2.75, 3.05) is 26.3 Å². The van der Waals surface area contributed by atoms with Gasteiger partial charge in [0.1, 0.15) is 0 Å². The molecule has 0 bridgehead atoms. The van der Waals surface area contributed by atoms with E-state index in [0.717, 1.165) is 5.56 Å². The number of carbonyl (C=O) groups is 1. The maximum absolute atomic E-state index is 12.4. The first-order chi connectivity index (χ1) is 8.68. The Morgan fingerprint density at radius 2 is 2.00 bits per heavy atom. The van der Waals surface area contributed by atoms with Gasteiger partial charge in [-0.3, -0.25) is 4.79 Å². The SMILES string of the molecule is NC(=S)Cc1ccccc1C(=O)N1CCOCC1. The number of amides is 1. The molecule has 18 heavy (non-hydrogen) atoms. The summed E-state index contributed by atoms with van der Waals surface area (Å²) in [5, 5.41) is 0. The Kier molecular flexibility index (Phi) is 4.28. The number of hydrogen-bond acceptors (Lipinski definition) is 3. The van der Waals surface area contributed by atoms with Gasteiger partial charge in [-0.2, -0.15) is 0 Å². The second kappa shape index (κ2) is 5.93. The molecule has 1 amide bonds. The first-order valence-electron chi connectivity index (χ1n) is 5.91. The van der Waals surface area contributed by atoms with E-state index in [9.17, 15) is 4.79 Å². The number of thiocarbonyl (C=S) groups is 1. The Morgan fingerprint density at radius 3 is 2.67 bits per heavy atom. The molecule has 0 aliphatic carbocycles. The number of nitrogens with zero attached hydrogens (tertiary/aromatic N) is 1. The van der Waals surface area contributed by atoms with Gasteiger partial charge in [0.25, 0.3) is 5.91 Å². The zero-order valence-corrected chi connectivity index (χ0v) is 10.9. The topological polar surface area (TPSA) is 55.6 Å². The van der Waals surface area contributed by atoms with Crippen LogP contribution >= 0.6 is 12.2 Å². The van der Waals surface area contributed by atoms with E-state index in [4.69, 9.17) is 22.7 Å². The molecule has 0 radical (unpaired) electrons. The zero-order valence-electron chi connectivity index (χ0n) is 10.1. The molecule has 1 heterocycles. The first-order valence-corrected chi connectivity index (χ1v) is 6.32. The van der Waals surface area contributed by atoms with Crippen LogP contribution in [0, 0.1) is 0 Å². The molecule has 1 aliphatic rings. The number of rotatable bonds is 3. The molecule has 4 nitrogen and oxygen atoms in total. The lowest BCUT2D eigenvalue weighted by molar-refractivity contribution is 0.0302. The van der Waals surface area contributed by atoms with Crippen molar-refractivity contribution in [3.05, 3.63) is 35.4 Å². The Hall–Kier alpha value is -1.46. The predicted molar refractivity (Wildman–Crippen MR) is 73.7 cm³/mol. The number of nitrogens with two attached hydrogens (primary N) is 1. The lowest BCUT2D eigenvalue weighted by atomic mass is 10.0. The van der Waals surface area contributed by atoms with E-state index in [0.29, 0.717) is 43.3 Å². The van der Waals surface area contributed by atoms with Gasteiger partial charge in [0.15, 0.2) is 0 Å². The molecule has 2 N–H and O–H groups in total. The molecular weight excluding hydrogens is 248 g/mol. The highest BCUT2D eigenvalue weighted by Crippen LogP contribution is 2.14. The summed E-state index contributed by atoms with van der Waals surface area (Å²) >= 11 is 4.91. The van der Waals surface area contributed by atoms with Gasteiger partial charge in [-0.1, -0.05) is 30.4 Å². The molecule has 96 valence electrons. The van der Waals surface area contributed by atoms with E-state index >= 15 is 0 Å². The molecule has 1 aromatic carbocycles. The van der Waals surface area contributed by atoms with Crippen LogP contribution in [0.2, 0.25) is 0 Å². The first kappa shape index (κ1) is 13.0. The van der Waals surface area contributed by atoms with Crippen LogP contribution in [-0.2, 0) is 11.2 Å². The van der Waals surface area contributed by atoms with Gasteiger partial charge >= 0.3 is 0 Å². The van der Waals surface area contributed by atoms with Crippen LogP contribution in [0.1, 0.15) is 15.9 Å². The highest BCUT2D eigenvalue weighted by molar-refractivity contribution is 7.80. The number of hydrogen-bond donors (Lipinski definition) is 1. The molecule has 1 saturated heterocycles. The van der Waals surface area contributed by atoms with Crippen molar-refractivity contribution >= 4 is 23.1 Å². The quantitative estimate of drug-likeness (QED) is 0.827. The fourth-order valence-corrected chi connectivity index (χ4v) is 2.16. The van der Waals surface area contributed by atoms with Crippen LogP contribution in [0.4, 0.5) is 0 Å². The second-order valence-electron chi connectivity index (χ2n) is 4.20. The van der Waals surface area contributed by atoms with E-state index in [-0.39, 0.29) is 5.91 Å². The average Bonchev–Trinajstić information content (AvgIpc) is 2.39. The van der Waals surface area contributed by atoms with Gasteiger partial charge in [-0.15, -0.1) is 0 Å². The number of benzene rings is 1. The molecule has 0 unspecified atom stereocenters. The van der Waals surface area contributed by atoms with E-state index in [1.165, 1.54) is 0 Å². The van der Waals surface area contributed by atoms with Crippen LogP contribution < -0.4 is 5.73 Å². The van der Waals surface area contributed by atoms with E-state index < -0.39 is 0 Å². The van der Waals surface area contributed by atoms with Gasteiger partial charge in [0, 0.05) is 25.1 Å². The molecule has 0 aromatic heterocycles. The van der Waals surface area contributed by atoms with Crippen LogP contribution in [0.25, 0.3) is 0 Å². The summed E-state index contributed by atoms with van der Waals surface area (Å²) < 4.78 is 5.25. The third kappa shape index (κ3) is 3.05. The molecule has 1 fully saturated rings. The zero-order chi connectivity index (χ0) is 13.0. The molecule has 0 saturated carbocycles. The lowest BCUT2D eigenvalue weighted by Crippen LogP contribution is -2.41. The Morgan fingerprint density at radius 1 is 1.33 bits per heavy atom. The number of ether oxygens (including phenoxy) is 1. The maximum Gasteiger partial charge on any atom is 0.254 e. The van der Waals surface area contributed by atoms with Crippen molar-refractivity contribution in [3.8, 4) is 0 Å². The summed E-state index contributed by atoms with van der Waals surface area (Å²) in [6, 6.07) is 7.47. The molecule has 0 atom stereocenters. The summed E-state index contributed by atoms with van der Waals surface area (Å²) in [6.45, 7) is 2.48. The highest BCUT2D eigenvalue weighted by Gasteiger charge is 2.20. The van der Waals surface area contributed by atoms with Crippen LogP contribution in [-0.4, -0.2) is 42.1 Å². The Balaban J connectivity index is 2.20. The molecule has 0 spiro atoms. The van der Waals surface area contributed by atoms with E-state index in [2.05, 4.69) is 0 Å². The third-order valence-electron chi connectivity index (χ3n) is 2.91. The molecule has 2 rings (SSSR count). The van der Waals surface area contributed by atoms with E-state index in [1.807, 2.05) is 29.2 Å². The molecule has 1 aliphatic heterocycles. The monoisotopic (exact) mass is 264 g/mol. The Bertz CT molecular complexity index is 456. The van der Waals surface area contributed by atoms with Gasteiger partial charge in [0.05, 0.1) is 18.2 Å². The van der Waals surface area contributed by atoms with Crippen LogP contribution in [0.3, 0.4) is 0 Å². The summed E-state index contributed by atoms with van der Waals surface area (Å²) in [6.07, 6.45) is 0.460. The van der Waals surface area contributed by atoms with Crippen molar-refractivity contribution in [3.63, 3.8) is 0 Å². The molecular formula is C13H16N2O2S. The fourth-order valence-electron chi connectivity index (χ4n) is 2.01. The molecule has 1 aromatic rings. The van der Waals surface area contributed by atoms with Crippen molar-refractivity contribution in [1.29, 1.82) is 0 Å². The lowest BCUT2D eigenvalue weighted by Gasteiger charge is -2.27. The normalized spacial score (nSPS) is 15.4. The highest BCUT2D eigenvalue weighted by atomic mass is 32.1. The molecule has 5 heteroatoms. The van der Waals surface area contributed by atoms with Crippen molar-refractivity contribution in [2.45, 2.75) is 6.42 Å². The smallest absolute Gasteiger partial charge is 0.254 e. The summed E-state index contributed by atoms with van der Waals surface area (Å²) in [5.74, 6) is 0.0325. The number of carbonyl (C=O) groups excluding carboxylic acids is 1. The van der Waals surface area contributed by atoms with Crippen molar-refractivity contribution in [1.82, 2.24) is 4.90 Å². The second-order valence-corrected chi connectivity index (χ2v) is 4.73. The van der Waals surface area contributed by atoms with Gasteiger partial charge in [-0.25, -0.2) is 0 Å². The van der Waals surface area contributed by atoms with Crippen LogP contribution in [0.5, 0.6) is 0 Å². The van der Waals surface area contributed by atoms with Gasteiger partial charge in [-0.05, 0) is 11.6 Å². The minimum absolute atomic E-state index is 0.0325. The Labute approximate surface area is 112 Å². The third-order valence-corrected chi connectivity index (χ3v) is 3.06. The largest absolute Gasteiger partial charge is 0.393 e. The van der Waals surface area contributed by atoms with Crippen molar-refractivity contribution < 1.29 is 9.53 Å². The average molecular weight is 264 g/mol. The van der Waals surface area contributed by atoms with Gasteiger partial charge < -0.3 is 15.4 Å². The predicted octanol–water partition coefficient (Wildman–Crippen LogP) is 0.988. The van der Waals surface area contributed by atoms with Crippen LogP contribution in [0.15, 0.2) is 24.3 Å². The minimum Gasteiger partial charge on any atom is -0.393 e.